The summed E-state index contributed by atoms with van der Waals surface area (Å²) in [5, 5.41) is 9.93. The summed E-state index contributed by atoms with van der Waals surface area (Å²) in [5.41, 5.74) is 1.07. The second-order valence-corrected chi connectivity index (χ2v) is 5.60. The third-order valence-electron chi connectivity index (χ3n) is 3.90. The number of phenolic OH excluding ortho intramolecular Hbond substituents is 1. The molecule has 5 nitrogen and oxygen atoms in total. The zero-order chi connectivity index (χ0) is 15.2. The van der Waals surface area contributed by atoms with Gasteiger partial charge < -0.3 is 24.2 Å². The molecule has 0 spiro atoms. The highest BCUT2D eigenvalue weighted by Gasteiger charge is 2.17. The predicted molar refractivity (Wildman–Crippen MR) is 81.1 cm³/mol. The summed E-state index contributed by atoms with van der Waals surface area (Å²) in [6.45, 7) is 3.60. The predicted octanol–water partition coefficient (Wildman–Crippen LogP) is 2.27. The van der Waals surface area contributed by atoms with Crippen molar-refractivity contribution in [2.45, 2.75) is 19.4 Å². The minimum Gasteiger partial charge on any atom is -0.502 e. The van der Waals surface area contributed by atoms with E-state index in [2.05, 4.69) is 11.9 Å². The van der Waals surface area contributed by atoms with Crippen LogP contribution in [0.2, 0.25) is 0 Å². The summed E-state index contributed by atoms with van der Waals surface area (Å²) in [6, 6.07) is 3.72. The van der Waals surface area contributed by atoms with Gasteiger partial charge in [-0.1, -0.05) is 0 Å². The molecule has 0 saturated carbocycles. The lowest BCUT2D eigenvalue weighted by Gasteiger charge is -2.27. The fourth-order valence-corrected chi connectivity index (χ4v) is 2.79. The molecule has 0 bridgehead atoms. The summed E-state index contributed by atoms with van der Waals surface area (Å²) < 4.78 is 15.8. The van der Waals surface area contributed by atoms with E-state index in [1.54, 1.807) is 14.2 Å². The lowest BCUT2D eigenvalue weighted by Crippen LogP contribution is -2.29. The maximum Gasteiger partial charge on any atom is 0.200 e. The number of ether oxygens (including phenoxy) is 3. The molecule has 0 radical (unpaired) electrons. The molecule has 1 aromatic carbocycles. The van der Waals surface area contributed by atoms with Crippen LogP contribution in [0.5, 0.6) is 17.2 Å². The molecule has 0 amide bonds. The molecule has 1 aromatic rings. The van der Waals surface area contributed by atoms with Crippen molar-refractivity contribution >= 4 is 0 Å². The number of nitrogens with zero attached hydrogens (tertiary/aromatic N) is 1. The van der Waals surface area contributed by atoms with E-state index in [-0.39, 0.29) is 5.75 Å². The van der Waals surface area contributed by atoms with Crippen LogP contribution in [0.1, 0.15) is 18.4 Å². The average Bonchev–Trinajstić information content (AvgIpc) is 2.49. The first-order valence-corrected chi connectivity index (χ1v) is 7.34. The zero-order valence-corrected chi connectivity index (χ0v) is 13.1. The van der Waals surface area contributed by atoms with Gasteiger partial charge in [-0.3, -0.25) is 0 Å². The molecule has 1 saturated heterocycles. The number of hydrogen-bond acceptors (Lipinski definition) is 5. The summed E-state index contributed by atoms with van der Waals surface area (Å²) in [7, 11) is 5.20. The molecular weight excluding hydrogens is 270 g/mol. The van der Waals surface area contributed by atoms with Gasteiger partial charge in [0.25, 0.3) is 0 Å². The van der Waals surface area contributed by atoms with Gasteiger partial charge in [0.05, 0.1) is 14.2 Å². The summed E-state index contributed by atoms with van der Waals surface area (Å²) in [6.07, 6.45) is 2.26. The minimum atomic E-state index is 0.0517. The molecule has 0 atom stereocenters. The highest BCUT2D eigenvalue weighted by atomic mass is 16.5. The molecule has 1 heterocycles. The van der Waals surface area contributed by atoms with Gasteiger partial charge in [0.1, 0.15) is 0 Å². The molecule has 0 aromatic heterocycles. The zero-order valence-electron chi connectivity index (χ0n) is 13.1. The molecule has 5 heteroatoms. The first kappa shape index (κ1) is 15.9. The van der Waals surface area contributed by atoms with Gasteiger partial charge in [0.15, 0.2) is 11.5 Å². The van der Waals surface area contributed by atoms with Crippen LogP contribution in [0.4, 0.5) is 0 Å². The van der Waals surface area contributed by atoms with Crippen LogP contribution in [-0.4, -0.2) is 51.0 Å². The van der Waals surface area contributed by atoms with Gasteiger partial charge in [-0.2, -0.15) is 0 Å². The SMILES string of the molecule is COc1cc(CN(C)CC2CCOCC2)cc(OC)c1O. The Balaban J connectivity index is 2.00. The number of rotatable bonds is 6. The van der Waals surface area contributed by atoms with Gasteiger partial charge in [-0.25, -0.2) is 0 Å². The van der Waals surface area contributed by atoms with Gasteiger partial charge >= 0.3 is 0 Å². The second kappa shape index (κ2) is 7.52. The Morgan fingerprint density at radius 2 is 1.76 bits per heavy atom. The number of hydrogen-bond donors (Lipinski definition) is 1. The van der Waals surface area contributed by atoms with Crippen LogP contribution in [0.25, 0.3) is 0 Å². The summed E-state index contributed by atoms with van der Waals surface area (Å²) >= 11 is 0. The van der Waals surface area contributed by atoms with Crippen LogP contribution in [0, 0.1) is 5.92 Å². The van der Waals surface area contributed by atoms with E-state index in [4.69, 9.17) is 14.2 Å². The third kappa shape index (κ3) is 4.25. The van der Waals surface area contributed by atoms with Crippen LogP contribution in [-0.2, 0) is 11.3 Å². The fourth-order valence-electron chi connectivity index (χ4n) is 2.79. The van der Waals surface area contributed by atoms with Gasteiger partial charge in [0.2, 0.25) is 5.75 Å². The standard InChI is InChI=1S/C16H25NO4/c1-17(10-12-4-6-21-7-5-12)11-13-8-14(19-2)16(18)15(9-13)20-3/h8-9,12,18H,4-7,10-11H2,1-3H3. The maximum absolute atomic E-state index is 9.93. The Kier molecular flexibility index (Phi) is 5.70. The van der Waals surface area contributed by atoms with Crippen molar-refractivity contribution in [3.63, 3.8) is 0 Å². The Morgan fingerprint density at radius 1 is 1.19 bits per heavy atom. The van der Waals surface area contributed by atoms with Gasteiger partial charge in [0, 0.05) is 26.3 Å². The molecular formula is C16H25NO4. The van der Waals surface area contributed by atoms with E-state index in [0.29, 0.717) is 17.4 Å². The molecule has 118 valence electrons. The molecule has 21 heavy (non-hydrogen) atoms. The van der Waals surface area contributed by atoms with E-state index >= 15 is 0 Å². The maximum atomic E-state index is 9.93. The molecule has 1 fully saturated rings. The topological polar surface area (TPSA) is 51.2 Å². The van der Waals surface area contributed by atoms with Crippen molar-refractivity contribution in [3.8, 4) is 17.2 Å². The normalized spacial score (nSPS) is 16.2. The van der Waals surface area contributed by atoms with Crippen molar-refractivity contribution < 1.29 is 19.3 Å². The lowest BCUT2D eigenvalue weighted by molar-refractivity contribution is 0.0549. The summed E-state index contributed by atoms with van der Waals surface area (Å²) in [5.74, 6) is 1.65. The van der Waals surface area contributed by atoms with E-state index in [1.165, 1.54) is 0 Å². The Morgan fingerprint density at radius 3 is 2.29 bits per heavy atom. The number of benzene rings is 1. The Hall–Kier alpha value is -1.46. The van der Waals surface area contributed by atoms with Crippen molar-refractivity contribution in [2.75, 3.05) is 41.0 Å². The fraction of sp³-hybridized carbons (Fsp3) is 0.625. The first-order chi connectivity index (χ1) is 10.1. The van der Waals surface area contributed by atoms with Crippen LogP contribution >= 0.6 is 0 Å². The first-order valence-electron chi connectivity index (χ1n) is 7.34. The van der Waals surface area contributed by atoms with E-state index in [9.17, 15) is 5.11 Å². The molecule has 1 aliphatic rings. The van der Waals surface area contributed by atoms with E-state index < -0.39 is 0 Å². The smallest absolute Gasteiger partial charge is 0.200 e. The van der Waals surface area contributed by atoms with Crippen molar-refractivity contribution in [2.24, 2.45) is 5.92 Å². The van der Waals surface area contributed by atoms with Crippen LogP contribution in [0.3, 0.4) is 0 Å². The number of methoxy groups -OCH3 is 2. The number of aromatic hydroxyl groups is 1. The Bertz CT molecular complexity index is 433. The van der Waals surface area contributed by atoms with Crippen LogP contribution in [0.15, 0.2) is 12.1 Å². The monoisotopic (exact) mass is 295 g/mol. The minimum absolute atomic E-state index is 0.0517. The third-order valence-corrected chi connectivity index (χ3v) is 3.90. The highest BCUT2D eigenvalue weighted by Crippen LogP contribution is 2.37. The van der Waals surface area contributed by atoms with Crippen molar-refractivity contribution in [3.05, 3.63) is 17.7 Å². The van der Waals surface area contributed by atoms with E-state index in [1.807, 2.05) is 12.1 Å². The lowest BCUT2D eigenvalue weighted by atomic mass is 9.99. The number of phenols is 1. The molecule has 0 aliphatic carbocycles. The summed E-state index contributed by atoms with van der Waals surface area (Å²) in [4.78, 5) is 2.29. The largest absolute Gasteiger partial charge is 0.502 e. The molecule has 1 aliphatic heterocycles. The van der Waals surface area contributed by atoms with E-state index in [0.717, 1.165) is 44.7 Å². The molecule has 0 unspecified atom stereocenters. The van der Waals surface area contributed by atoms with Crippen molar-refractivity contribution in [1.29, 1.82) is 0 Å². The molecule has 1 N–H and O–H groups in total. The average molecular weight is 295 g/mol. The molecule has 2 rings (SSSR count). The van der Waals surface area contributed by atoms with Crippen LogP contribution < -0.4 is 9.47 Å². The Labute approximate surface area is 126 Å². The highest BCUT2D eigenvalue weighted by molar-refractivity contribution is 5.52. The second-order valence-electron chi connectivity index (χ2n) is 5.60. The van der Waals surface area contributed by atoms with Crippen molar-refractivity contribution in [1.82, 2.24) is 4.90 Å². The van der Waals surface area contributed by atoms with Gasteiger partial charge in [-0.05, 0) is 43.5 Å². The van der Waals surface area contributed by atoms with Gasteiger partial charge in [-0.15, -0.1) is 0 Å². The quantitative estimate of drug-likeness (QED) is 0.872.